The highest BCUT2D eigenvalue weighted by molar-refractivity contribution is 5.24. The fourth-order valence-corrected chi connectivity index (χ4v) is 16.0. The van der Waals surface area contributed by atoms with Crippen LogP contribution in [0.15, 0.2) is 12.2 Å². The molecule has 0 saturated heterocycles. The lowest BCUT2D eigenvalue weighted by molar-refractivity contribution is 0.224. The molecule has 13 aliphatic carbocycles. The van der Waals surface area contributed by atoms with Crippen LogP contribution in [0.2, 0.25) is 0 Å². The van der Waals surface area contributed by atoms with E-state index in [1.165, 1.54) is 68.1 Å². The molecule has 13 rings (SSSR count). The Labute approximate surface area is 248 Å². The summed E-state index contributed by atoms with van der Waals surface area (Å²) in [5.74, 6) is 22.1. The van der Waals surface area contributed by atoms with Gasteiger partial charge in [-0.3, -0.25) is 0 Å². The van der Waals surface area contributed by atoms with Crippen molar-refractivity contribution in [3.8, 4) is 0 Å². The summed E-state index contributed by atoms with van der Waals surface area (Å²) >= 11 is 0. The number of allylic oxidation sites excluding steroid dienone is 2. The third kappa shape index (κ3) is 3.61. The van der Waals surface area contributed by atoms with E-state index >= 15 is 0 Å². The topological polar surface area (TPSA) is 0 Å². The largest absolute Gasteiger partial charge is 0.0879 e. The van der Waals surface area contributed by atoms with E-state index in [1.807, 2.05) is 0 Å². The summed E-state index contributed by atoms with van der Waals surface area (Å²) in [5, 5.41) is 0. The second kappa shape index (κ2) is 9.37. The van der Waals surface area contributed by atoms with E-state index in [0.29, 0.717) is 0 Å². The Balaban J connectivity index is 0.0000000824. The van der Waals surface area contributed by atoms with E-state index in [1.54, 1.807) is 19.3 Å². The van der Waals surface area contributed by atoms with Crippen LogP contribution < -0.4 is 0 Å². The Bertz CT molecular complexity index is 979. The zero-order valence-corrected chi connectivity index (χ0v) is 27.6. The van der Waals surface area contributed by atoms with Crippen LogP contribution in [-0.4, -0.2) is 0 Å². The summed E-state index contributed by atoms with van der Waals surface area (Å²) < 4.78 is 0. The Hall–Kier alpha value is -0.260. The van der Waals surface area contributed by atoms with Gasteiger partial charge in [0.15, 0.2) is 0 Å². The molecule has 224 valence electrons. The predicted octanol–water partition coefficient (Wildman–Crippen LogP) is 10.6. The summed E-state index contributed by atoms with van der Waals surface area (Å²) in [6.45, 7) is 19.7. The Morgan fingerprint density at radius 3 is 1.70 bits per heavy atom. The van der Waals surface area contributed by atoms with Crippen molar-refractivity contribution in [2.75, 3.05) is 0 Å². The number of rotatable bonds is 1. The van der Waals surface area contributed by atoms with Crippen LogP contribution in [0.25, 0.3) is 0 Å². The van der Waals surface area contributed by atoms with E-state index in [4.69, 9.17) is 0 Å². The van der Waals surface area contributed by atoms with Gasteiger partial charge in [-0.1, -0.05) is 67.5 Å². The third-order valence-corrected chi connectivity index (χ3v) is 17.8. The van der Waals surface area contributed by atoms with Gasteiger partial charge in [0.2, 0.25) is 0 Å². The van der Waals surface area contributed by atoms with Crippen molar-refractivity contribution in [3.05, 3.63) is 12.2 Å². The monoisotopic (exact) mass is 545 g/mol. The molecule has 0 heterocycles. The third-order valence-electron chi connectivity index (χ3n) is 17.8. The highest BCUT2D eigenvalue weighted by atomic mass is 14.8. The van der Waals surface area contributed by atoms with E-state index in [0.717, 1.165) is 94.2 Å². The Morgan fingerprint density at radius 1 is 0.600 bits per heavy atom. The van der Waals surface area contributed by atoms with Crippen molar-refractivity contribution in [2.24, 2.45) is 124 Å². The Kier molecular flexibility index (Phi) is 6.39. The molecule has 0 amide bonds. The van der Waals surface area contributed by atoms with Crippen LogP contribution >= 0.6 is 0 Å². The van der Waals surface area contributed by atoms with Gasteiger partial charge < -0.3 is 0 Å². The molecule has 0 aromatic rings. The number of fused-ring (bicyclic) bond motifs is 7. The van der Waals surface area contributed by atoms with Crippen LogP contribution in [0.1, 0.15) is 113 Å². The molecule has 0 nitrogen and oxygen atoms in total. The molecule has 0 aromatic heterocycles. The Morgan fingerprint density at radius 2 is 1.32 bits per heavy atom. The summed E-state index contributed by atoms with van der Waals surface area (Å²) in [4.78, 5) is 0. The molecule has 19 unspecified atom stereocenters. The zero-order valence-electron chi connectivity index (χ0n) is 27.6. The molecule has 0 radical (unpaired) electrons. The maximum Gasteiger partial charge on any atom is -0.0166 e. The zero-order chi connectivity index (χ0) is 27.8. The van der Waals surface area contributed by atoms with Gasteiger partial charge >= 0.3 is 0 Å². The minimum absolute atomic E-state index is 0.907. The summed E-state index contributed by atoms with van der Waals surface area (Å²) in [6.07, 6.45) is 18.7. The van der Waals surface area contributed by atoms with Crippen LogP contribution in [0.4, 0.5) is 0 Å². The SMILES string of the molecule is CC1C2CC3C1C3C2C.CC1CC2C(C)C1C1C=CCC12.CC1CC2CCC1C2C.CCC12CC3CC1C2C3C. The average molecular weight is 545 g/mol. The summed E-state index contributed by atoms with van der Waals surface area (Å²) in [5.41, 5.74) is 0.907. The van der Waals surface area contributed by atoms with Crippen molar-refractivity contribution < 1.29 is 0 Å². The molecule has 0 aromatic carbocycles. The van der Waals surface area contributed by atoms with Gasteiger partial charge in [-0.15, -0.1) is 0 Å². The molecule has 12 fully saturated rings. The van der Waals surface area contributed by atoms with Crippen LogP contribution in [0.3, 0.4) is 0 Å². The molecule has 13 aliphatic rings. The van der Waals surface area contributed by atoms with Crippen LogP contribution in [0, 0.1) is 124 Å². The van der Waals surface area contributed by atoms with Crippen molar-refractivity contribution in [3.63, 3.8) is 0 Å². The minimum Gasteiger partial charge on any atom is -0.0879 e. The van der Waals surface area contributed by atoms with Gasteiger partial charge in [0.1, 0.15) is 0 Å². The lowest BCUT2D eigenvalue weighted by atomic mass is 9.76. The number of hydrogen-bond donors (Lipinski definition) is 0. The summed E-state index contributed by atoms with van der Waals surface area (Å²) in [6, 6.07) is 0. The van der Waals surface area contributed by atoms with Crippen molar-refractivity contribution >= 4 is 0 Å². The standard InChI is InChI=1S/C12H18.C10H16.C9H14.C9H16/c1-7-6-11-8(2)12(7)10-5-3-4-9(10)11;1-3-10-5-7-4-8(10)9(10)6(7)2;1-4-6-3-7-8(4)9(7)5(6)2;1-6-5-8-3-4-9(6)7(8)2/h3,5,7-12H,4,6H2,1-2H3;6-9H,3-5H2,1-2H3;4-9H,3H2,1-2H3;6-9H,3-5H2,1-2H3. The first-order chi connectivity index (χ1) is 19.2. The second-order valence-electron chi connectivity index (χ2n) is 18.5. The van der Waals surface area contributed by atoms with E-state index < -0.39 is 0 Å². The fraction of sp³-hybridized carbons (Fsp3) is 0.950. The number of hydrogen-bond acceptors (Lipinski definition) is 0. The van der Waals surface area contributed by atoms with Crippen molar-refractivity contribution in [2.45, 2.75) is 113 Å². The first-order valence-corrected chi connectivity index (χ1v) is 18.8. The smallest absolute Gasteiger partial charge is 0.0166 e. The van der Waals surface area contributed by atoms with Crippen LogP contribution in [-0.2, 0) is 0 Å². The van der Waals surface area contributed by atoms with E-state index in [-0.39, 0.29) is 0 Å². The van der Waals surface area contributed by atoms with Gasteiger partial charge in [0, 0.05) is 0 Å². The first-order valence-electron chi connectivity index (χ1n) is 18.8. The van der Waals surface area contributed by atoms with Crippen LogP contribution in [0.5, 0.6) is 0 Å². The highest BCUT2D eigenvalue weighted by Crippen LogP contribution is 2.82. The molecule has 12 saturated carbocycles. The molecular weight excluding hydrogens is 480 g/mol. The maximum atomic E-state index is 2.52. The molecular formula is C40H64. The second-order valence-corrected chi connectivity index (χ2v) is 18.5. The molecule has 12 bridgehead atoms. The average Bonchev–Trinajstić information content (AvgIpc) is 3.63. The lowest BCUT2D eigenvalue weighted by Gasteiger charge is -2.28. The normalized spacial score (nSPS) is 65.3. The van der Waals surface area contributed by atoms with Gasteiger partial charge in [0.25, 0.3) is 0 Å². The predicted molar refractivity (Wildman–Crippen MR) is 168 cm³/mol. The first kappa shape index (κ1) is 27.3. The van der Waals surface area contributed by atoms with E-state index in [2.05, 4.69) is 67.5 Å². The quantitative estimate of drug-likeness (QED) is 0.288. The summed E-state index contributed by atoms with van der Waals surface area (Å²) in [7, 11) is 0. The molecule has 0 heteroatoms. The maximum absolute atomic E-state index is 2.52. The molecule has 19 atom stereocenters. The molecule has 0 aliphatic heterocycles. The van der Waals surface area contributed by atoms with E-state index in [9.17, 15) is 0 Å². The van der Waals surface area contributed by atoms with Crippen molar-refractivity contribution in [1.29, 1.82) is 0 Å². The van der Waals surface area contributed by atoms with Crippen molar-refractivity contribution in [1.82, 2.24) is 0 Å². The molecule has 40 heavy (non-hydrogen) atoms. The fourth-order valence-electron chi connectivity index (χ4n) is 16.0. The van der Waals surface area contributed by atoms with Gasteiger partial charge in [-0.25, -0.2) is 0 Å². The van der Waals surface area contributed by atoms with Gasteiger partial charge in [0.05, 0.1) is 0 Å². The highest BCUT2D eigenvalue weighted by Gasteiger charge is 2.76. The lowest BCUT2D eigenvalue weighted by Crippen LogP contribution is -2.22. The van der Waals surface area contributed by atoms with Gasteiger partial charge in [-0.2, -0.15) is 0 Å². The molecule has 0 spiro atoms. The minimum atomic E-state index is 0.907. The van der Waals surface area contributed by atoms with Gasteiger partial charge in [-0.05, 0) is 182 Å². The molecule has 0 N–H and O–H groups in total.